The molecule has 0 saturated carbocycles. The maximum Gasteiger partial charge on any atom is 0.338 e. The largest absolute Gasteiger partial charge is 0.452 e. The van der Waals surface area contributed by atoms with Gasteiger partial charge in [0.25, 0.3) is 15.9 Å². The number of likely N-dealkylation sites (N-methyl/N-ethyl adjacent to an activating group) is 1. The average molecular weight is 493 g/mol. The Kier molecular flexibility index (Phi) is 7.21. The summed E-state index contributed by atoms with van der Waals surface area (Å²) in [5.41, 5.74) is 3.08. The first-order valence-electron chi connectivity index (χ1n) is 11.4. The molecule has 1 aliphatic carbocycles. The standard InChI is InChI=1S/C27H28N2O5S/c1-28(25-14-8-10-20-9-6-7-13-24(20)25)26(30)19-34-27(31)21-15-17-23(18-16-21)35(32,33)29(2)22-11-4-3-5-12-22/h3-7,9,11-13,15-18,25H,8,10,14,19H2,1-2H3. The topological polar surface area (TPSA) is 84.0 Å². The Labute approximate surface area is 206 Å². The lowest BCUT2D eigenvalue weighted by atomic mass is 9.87. The Morgan fingerprint density at radius 3 is 2.29 bits per heavy atom. The maximum absolute atomic E-state index is 12.9. The molecule has 0 fully saturated rings. The number of amides is 1. The Hall–Kier alpha value is -3.65. The van der Waals surface area contributed by atoms with Gasteiger partial charge in [-0.2, -0.15) is 0 Å². The molecule has 3 aromatic carbocycles. The van der Waals surface area contributed by atoms with Crippen molar-refractivity contribution in [2.75, 3.05) is 25.0 Å². The van der Waals surface area contributed by atoms with E-state index < -0.39 is 16.0 Å². The third-order valence-corrected chi connectivity index (χ3v) is 8.19. The van der Waals surface area contributed by atoms with Crippen LogP contribution in [0.15, 0.2) is 83.8 Å². The number of ether oxygens (including phenoxy) is 1. The molecule has 0 bridgehead atoms. The summed E-state index contributed by atoms with van der Waals surface area (Å²) >= 11 is 0. The van der Waals surface area contributed by atoms with Crippen molar-refractivity contribution in [1.29, 1.82) is 0 Å². The molecular formula is C27H28N2O5S. The zero-order valence-electron chi connectivity index (χ0n) is 19.8. The van der Waals surface area contributed by atoms with E-state index in [1.165, 1.54) is 41.2 Å². The van der Waals surface area contributed by atoms with Gasteiger partial charge in [-0.1, -0.05) is 42.5 Å². The third-order valence-electron chi connectivity index (χ3n) is 6.39. The molecule has 3 aromatic rings. The Morgan fingerprint density at radius 2 is 1.57 bits per heavy atom. The first-order chi connectivity index (χ1) is 16.8. The van der Waals surface area contributed by atoms with E-state index in [-0.39, 0.29) is 29.0 Å². The lowest BCUT2D eigenvalue weighted by molar-refractivity contribution is -0.135. The van der Waals surface area contributed by atoms with E-state index >= 15 is 0 Å². The second-order valence-corrected chi connectivity index (χ2v) is 10.5. The summed E-state index contributed by atoms with van der Waals surface area (Å²) in [6, 6.07) is 22.3. The number of hydrogen-bond acceptors (Lipinski definition) is 5. The molecule has 182 valence electrons. The average Bonchev–Trinajstić information content (AvgIpc) is 2.90. The SMILES string of the molecule is CN(C(=O)COC(=O)c1ccc(S(=O)(=O)N(C)c2ccccc2)cc1)C1CCCc2ccccc21. The number of rotatable bonds is 7. The predicted molar refractivity (Wildman–Crippen MR) is 134 cm³/mol. The van der Waals surface area contributed by atoms with Crippen LogP contribution in [0, 0.1) is 0 Å². The van der Waals surface area contributed by atoms with E-state index in [9.17, 15) is 18.0 Å². The third kappa shape index (κ3) is 5.22. The van der Waals surface area contributed by atoms with Crippen molar-refractivity contribution in [3.8, 4) is 0 Å². The number of anilines is 1. The highest BCUT2D eigenvalue weighted by molar-refractivity contribution is 7.92. The van der Waals surface area contributed by atoms with Crippen molar-refractivity contribution in [2.45, 2.75) is 30.2 Å². The van der Waals surface area contributed by atoms with Crippen molar-refractivity contribution < 1.29 is 22.7 Å². The van der Waals surface area contributed by atoms with Gasteiger partial charge in [0.1, 0.15) is 0 Å². The van der Waals surface area contributed by atoms with E-state index in [4.69, 9.17) is 4.74 Å². The minimum absolute atomic E-state index is 0.0442. The molecule has 0 radical (unpaired) electrons. The molecule has 8 heteroatoms. The van der Waals surface area contributed by atoms with Crippen LogP contribution >= 0.6 is 0 Å². The molecule has 35 heavy (non-hydrogen) atoms. The second-order valence-electron chi connectivity index (χ2n) is 8.52. The van der Waals surface area contributed by atoms with Crippen LogP contribution in [0.3, 0.4) is 0 Å². The summed E-state index contributed by atoms with van der Waals surface area (Å²) in [5.74, 6) is -0.972. The van der Waals surface area contributed by atoms with Crippen LogP contribution in [-0.4, -0.2) is 45.9 Å². The molecule has 7 nitrogen and oxygen atoms in total. The smallest absolute Gasteiger partial charge is 0.338 e. The molecule has 0 aliphatic heterocycles. The van der Waals surface area contributed by atoms with Gasteiger partial charge in [0.2, 0.25) is 0 Å². The fourth-order valence-corrected chi connectivity index (χ4v) is 5.51. The van der Waals surface area contributed by atoms with E-state index in [2.05, 4.69) is 6.07 Å². The first-order valence-corrected chi connectivity index (χ1v) is 12.9. The van der Waals surface area contributed by atoms with Crippen molar-refractivity contribution in [3.05, 3.63) is 95.6 Å². The van der Waals surface area contributed by atoms with E-state index in [0.29, 0.717) is 5.69 Å². The molecule has 1 amide bonds. The fraction of sp³-hybridized carbons (Fsp3) is 0.259. The minimum Gasteiger partial charge on any atom is -0.452 e. The quantitative estimate of drug-likeness (QED) is 0.462. The van der Waals surface area contributed by atoms with Crippen LogP contribution in [0.1, 0.15) is 40.4 Å². The molecule has 0 saturated heterocycles. The van der Waals surface area contributed by atoms with Gasteiger partial charge in [0.15, 0.2) is 6.61 Å². The molecule has 0 N–H and O–H groups in total. The normalized spacial score (nSPS) is 15.1. The van der Waals surface area contributed by atoms with Crippen molar-refractivity contribution in [3.63, 3.8) is 0 Å². The molecule has 0 aromatic heterocycles. The van der Waals surface area contributed by atoms with Gasteiger partial charge in [-0.25, -0.2) is 13.2 Å². The van der Waals surface area contributed by atoms with Crippen LogP contribution in [-0.2, 0) is 26.0 Å². The number of esters is 1. The fourth-order valence-electron chi connectivity index (χ4n) is 4.31. The van der Waals surface area contributed by atoms with Gasteiger partial charge in [-0.15, -0.1) is 0 Å². The van der Waals surface area contributed by atoms with Crippen LogP contribution in [0.5, 0.6) is 0 Å². The Balaban J connectivity index is 1.38. The molecule has 1 atom stereocenters. The van der Waals surface area contributed by atoms with Gasteiger partial charge in [0, 0.05) is 14.1 Å². The number of carbonyl (C=O) groups is 2. The lowest BCUT2D eigenvalue weighted by Gasteiger charge is -2.33. The summed E-state index contributed by atoms with van der Waals surface area (Å²) in [6.45, 7) is -0.384. The molecular weight excluding hydrogens is 464 g/mol. The number of carbonyl (C=O) groups excluding carboxylic acids is 2. The first kappa shape index (κ1) is 24.5. The molecule has 1 aliphatic rings. The Morgan fingerprint density at radius 1 is 0.914 bits per heavy atom. The van der Waals surface area contributed by atoms with E-state index in [1.54, 1.807) is 42.3 Å². The van der Waals surface area contributed by atoms with Gasteiger partial charge < -0.3 is 9.64 Å². The predicted octanol–water partition coefficient (Wildman–Crippen LogP) is 4.20. The van der Waals surface area contributed by atoms with Crippen LogP contribution in [0.25, 0.3) is 0 Å². The zero-order chi connectivity index (χ0) is 25.0. The molecule has 4 rings (SSSR count). The molecule has 1 unspecified atom stereocenters. The Bertz CT molecular complexity index is 1310. The number of fused-ring (bicyclic) bond motifs is 1. The molecule has 0 heterocycles. The van der Waals surface area contributed by atoms with Crippen molar-refractivity contribution >= 4 is 27.6 Å². The summed E-state index contributed by atoms with van der Waals surface area (Å²) in [5, 5.41) is 0. The lowest BCUT2D eigenvalue weighted by Crippen LogP contribution is -2.36. The van der Waals surface area contributed by atoms with Crippen molar-refractivity contribution in [1.82, 2.24) is 4.90 Å². The highest BCUT2D eigenvalue weighted by Gasteiger charge is 2.27. The summed E-state index contributed by atoms with van der Waals surface area (Å²) in [7, 11) is -0.588. The van der Waals surface area contributed by atoms with Crippen molar-refractivity contribution in [2.24, 2.45) is 0 Å². The number of nitrogens with zero attached hydrogens (tertiary/aromatic N) is 2. The summed E-state index contributed by atoms with van der Waals surface area (Å²) < 4.78 is 32.2. The zero-order valence-corrected chi connectivity index (χ0v) is 20.6. The van der Waals surface area contributed by atoms with Gasteiger partial charge in [-0.3, -0.25) is 9.10 Å². The highest BCUT2D eigenvalue weighted by atomic mass is 32.2. The second kappa shape index (κ2) is 10.3. The van der Waals surface area contributed by atoms with E-state index in [0.717, 1.165) is 24.8 Å². The maximum atomic E-state index is 12.9. The highest BCUT2D eigenvalue weighted by Crippen LogP contribution is 2.33. The number of benzene rings is 3. The summed E-state index contributed by atoms with van der Waals surface area (Å²) in [6.07, 6.45) is 2.85. The van der Waals surface area contributed by atoms with Gasteiger partial charge >= 0.3 is 5.97 Å². The number of para-hydroxylation sites is 1. The van der Waals surface area contributed by atoms with Crippen LogP contribution < -0.4 is 4.31 Å². The van der Waals surface area contributed by atoms with Gasteiger partial charge in [-0.05, 0) is 66.8 Å². The monoisotopic (exact) mass is 492 g/mol. The van der Waals surface area contributed by atoms with Crippen LogP contribution in [0.4, 0.5) is 5.69 Å². The van der Waals surface area contributed by atoms with Crippen LogP contribution in [0.2, 0.25) is 0 Å². The number of sulfonamides is 1. The molecule has 0 spiro atoms. The summed E-state index contributed by atoms with van der Waals surface area (Å²) in [4.78, 5) is 26.9. The number of hydrogen-bond donors (Lipinski definition) is 0. The van der Waals surface area contributed by atoms with Gasteiger partial charge in [0.05, 0.1) is 22.2 Å². The number of aryl methyl sites for hydroxylation is 1. The van der Waals surface area contributed by atoms with E-state index in [1.807, 2.05) is 18.2 Å². The minimum atomic E-state index is -3.79.